The number of carbonyl (C=O) groups is 2. The van der Waals surface area contributed by atoms with Crippen LogP contribution in [0.3, 0.4) is 0 Å². The number of benzene rings is 3. The first kappa shape index (κ1) is 37.3. The first-order valence-corrected chi connectivity index (χ1v) is 16.8. The monoisotopic (exact) mass is 739 g/mol. The Bertz CT molecular complexity index is 1840. The van der Waals surface area contributed by atoms with Crippen LogP contribution in [0.5, 0.6) is 11.5 Å². The fourth-order valence-electron chi connectivity index (χ4n) is 4.48. The van der Waals surface area contributed by atoms with Crippen molar-refractivity contribution >= 4 is 56.6 Å². The number of amides is 1. The molecule has 0 spiro atoms. The van der Waals surface area contributed by atoms with Crippen LogP contribution in [0.1, 0.15) is 10.4 Å². The Balaban J connectivity index is 0.000000698. The Kier molecular flexibility index (Phi) is 12.7. The van der Waals surface area contributed by atoms with Gasteiger partial charge in [-0.15, -0.1) is 0 Å². The van der Waals surface area contributed by atoms with Crippen LogP contribution in [0.15, 0.2) is 96.0 Å². The molecular weight excluding hydrogens is 710 g/mol. The SMILES string of the molecule is O=C(NCCN1CCN(c2ccccn2)CC1)c1ccc(S(=O)(=O)Nc2ccccc2Oc2ccc(Cl)cc2Cl)cc1.O=C(O)C(F)(F)F. The highest BCUT2D eigenvalue weighted by atomic mass is 35.5. The minimum absolute atomic E-state index is 0.00385. The molecule has 1 aromatic heterocycles. The molecule has 0 unspecified atom stereocenters. The predicted molar refractivity (Wildman–Crippen MR) is 179 cm³/mol. The van der Waals surface area contributed by atoms with E-state index in [2.05, 4.69) is 24.8 Å². The lowest BCUT2D eigenvalue weighted by Crippen LogP contribution is -2.48. The van der Waals surface area contributed by atoms with Gasteiger partial charge in [0.05, 0.1) is 15.6 Å². The summed E-state index contributed by atoms with van der Waals surface area (Å²) in [5.41, 5.74) is 0.598. The number of nitrogens with one attached hydrogen (secondary N) is 2. The van der Waals surface area contributed by atoms with Gasteiger partial charge in [-0.25, -0.2) is 18.2 Å². The molecule has 0 radical (unpaired) electrons. The molecule has 11 nitrogen and oxygen atoms in total. The average Bonchev–Trinajstić information content (AvgIpc) is 3.07. The number of hydrogen-bond donors (Lipinski definition) is 3. The van der Waals surface area contributed by atoms with E-state index < -0.39 is 22.2 Å². The first-order valence-electron chi connectivity index (χ1n) is 14.5. The van der Waals surface area contributed by atoms with E-state index in [1.54, 1.807) is 42.6 Å². The van der Waals surface area contributed by atoms with Crippen LogP contribution in [0.4, 0.5) is 24.7 Å². The molecule has 3 N–H and O–H groups in total. The number of pyridine rings is 1. The third kappa shape index (κ3) is 11.0. The van der Waals surface area contributed by atoms with E-state index in [1.807, 2.05) is 18.2 Å². The molecule has 0 saturated carbocycles. The summed E-state index contributed by atoms with van der Waals surface area (Å²) in [5, 5.41) is 10.8. The summed E-state index contributed by atoms with van der Waals surface area (Å²) in [6.45, 7) is 4.72. The van der Waals surface area contributed by atoms with Gasteiger partial charge in [0.15, 0.2) is 5.75 Å². The van der Waals surface area contributed by atoms with Crippen molar-refractivity contribution in [3.63, 3.8) is 0 Å². The number of nitrogens with zero attached hydrogens (tertiary/aromatic N) is 3. The Labute approximate surface area is 290 Å². The number of carboxylic acids is 1. The van der Waals surface area contributed by atoms with Crippen molar-refractivity contribution in [2.75, 3.05) is 48.9 Å². The minimum Gasteiger partial charge on any atom is -0.475 e. The number of para-hydroxylation sites is 2. The van der Waals surface area contributed by atoms with Gasteiger partial charge < -0.3 is 20.1 Å². The molecule has 5 rings (SSSR count). The number of aliphatic carboxylic acids is 1. The van der Waals surface area contributed by atoms with Gasteiger partial charge in [0.25, 0.3) is 15.9 Å². The quantitative estimate of drug-likeness (QED) is 0.174. The number of carboxylic acid groups (broad SMARTS) is 1. The second kappa shape index (κ2) is 16.7. The number of ether oxygens (including phenoxy) is 1. The van der Waals surface area contributed by atoms with Gasteiger partial charge in [-0.1, -0.05) is 41.4 Å². The highest BCUT2D eigenvalue weighted by Crippen LogP contribution is 2.35. The molecule has 2 heterocycles. The zero-order valence-corrected chi connectivity index (χ0v) is 27.9. The van der Waals surface area contributed by atoms with Crippen molar-refractivity contribution in [2.45, 2.75) is 11.1 Å². The smallest absolute Gasteiger partial charge is 0.475 e. The van der Waals surface area contributed by atoms with Gasteiger partial charge >= 0.3 is 12.1 Å². The van der Waals surface area contributed by atoms with Crippen molar-refractivity contribution in [1.29, 1.82) is 0 Å². The van der Waals surface area contributed by atoms with Crippen molar-refractivity contribution < 1.29 is 41.0 Å². The van der Waals surface area contributed by atoms with Gasteiger partial charge in [-0.05, 0) is 66.7 Å². The van der Waals surface area contributed by atoms with Crippen molar-refractivity contribution in [1.82, 2.24) is 15.2 Å². The molecule has 0 bridgehead atoms. The van der Waals surface area contributed by atoms with Gasteiger partial charge in [0.1, 0.15) is 11.6 Å². The van der Waals surface area contributed by atoms with Gasteiger partial charge in [0.2, 0.25) is 0 Å². The number of carbonyl (C=O) groups excluding carboxylic acids is 1. The van der Waals surface area contributed by atoms with Crippen LogP contribution in [0.25, 0.3) is 0 Å². The van der Waals surface area contributed by atoms with Gasteiger partial charge in [0, 0.05) is 56.1 Å². The number of sulfonamides is 1. The third-order valence-electron chi connectivity index (χ3n) is 6.97. The average molecular weight is 741 g/mol. The number of rotatable bonds is 10. The normalized spacial score (nSPS) is 13.5. The van der Waals surface area contributed by atoms with E-state index in [0.29, 0.717) is 22.9 Å². The summed E-state index contributed by atoms with van der Waals surface area (Å²) >= 11 is 12.2. The predicted octanol–water partition coefficient (Wildman–Crippen LogP) is 6.17. The third-order valence-corrected chi connectivity index (χ3v) is 8.89. The fourth-order valence-corrected chi connectivity index (χ4v) is 5.99. The van der Waals surface area contributed by atoms with E-state index in [0.717, 1.165) is 38.5 Å². The van der Waals surface area contributed by atoms with E-state index in [-0.39, 0.29) is 27.3 Å². The number of halogens is 5. The van der Waals surface area contributed by atoms with Crippen LogP contribution in [0, 0.1) is 0 Å². The molecule has 1 aliphatic rings. The molecular formula is C32H30Cl2F3N5O6S. The van der Waals surface area contributed by atoms with Crippen molar-refractivity contribution in [2.24, 2.45) is 0 Å². The van der Waals surface area contributed by atoms with E-state index in [9.17, 15) is 26.4 Å². The zero-order valence-electron chi connectivity index (χ0n) is 25.5. The molecule has 1 amide bonds. The molecule has 0 atom stereocenters. The van der Waals surface area contributed by atoms with Crippen LogP contribution in [0.2, 0.25) is 10.0 Å². The van der Waals surface area contributed by atoms with Crippen LogP contribution >= 0.6 is 23.2 Å². The summed E-state index contributed by atoms with van der Waals surface area (Å²) < 4.78 is 66.4. The van der Waals surface area contributed by atoms with E-state index in [1.165, 1.54) is 30.3 Å². The first-order chi connectivity index (χ1) is 23.2. The highest BCUT2D eigenvalue weighted by molar-refractivity contribution is 7.92. The Hall–Kier alpha value is -4.57. The van der Waals surface area contributed by atoms with Crippen molar-refractivity contribution in [3.05, 3.63) is 107 Å². The van der Waals surface area contributed by atoms with Gasteiger partial charge in [-0.3, -0.25) is 14.4 Å². The molecule has 3 aromatic carbocycles. The molecule has 1 aliphatic heterocycles. The van der Waals surface area contributed by atoms with Gasteiger partial charge in [-0.2, -0.15) is 13.2 Å². The largest absolute Gasteiger partial charge is 0.490 e. The number of alkyl halides is 3. The number of aromatic nitrogens is 1. The number of anilines is 2. The van der Waals surface area contributed by atoms with Crippen LogP contribution < -0.4 is 19.7 Å². The summed E-state index contributed by atoms with van der Waals surface area (Å²) in [6.07, 6.45) is -3.29. The molecule has 17 heteroatoms. The summed E-state index contributed by atoms with van der Waals surface area (Å²) in [7, 11) is -3.97. The van der Waals surface area contributed by atoms with E-state index >= 15 is 0 Å². The van der Waals surface area contributed by atoms with Crippen molar-refractivity contribution in [3.8, 4) is 11.5 Å². The Morgan fingerprint density at radius 3 is 2.16 bits per heavy atom. The Morgan fingerprint density at radius 1 is 0.898 bits per heavy atom. The lowest BCUT2D eigenvalue weighted by molar-refractivity contribution is -0.192. The fraction of sp³-hybridized carbons (Fsp3) is 0.219. The summed E-state index contributed by atoms with van der Waals surface area (Å²) in [5.74, 6) is -1.45. The molecule has 4 aromatic rings. The molecule has 0 aliphatic carbocycles. The summed E-state index contributed by atoms with van der Waals surface area (Å²) in [6, 6.07) is 23.0. The highest BCUT2D eigenvalue weighted by Gasteiger charge is 2.38. The molecule has 49 heavy (non-hydrogen) atoms. The second-order valence-corrected chi connectivity index (χ2v) is 12.9. The molecule has 1 saturated heterocycles. The zero-order chi connectivity index (χ0) is 35.6. The molecule has 260 valence electrons. The number of piperazine rings is 1. The molecule has 1 fully saturated rings. The lowest BCUT2D eigenvalue weighted by Gasteiger charge is -2.35. The summed E-state index contributed by atoms with van der Waals surface area (Å²) in [4.78, 5) is 30.5. The van der Waals surface area contributed by atoms with Crippen LogP contribution in [-0.2, 0) is 14.8 Å². The second-order valence-electron chi connectivity index (χ2n) is 10.4. The maximum atomic E-state index is 13.1. The number of hydrogen-bond acceptors (Lipinski definition) is 8. The minimum atomic E-state index is -5.08. The lowest BCUT2D eigenvalue weighted by atomic mass is 10.2. The van der Waals surface area contributed by atoms with E-state index in [4.69, 9.17) is 37.8 Å². The topological polar surface area (TPSA) is 141 Å². The standard InChI is InChI=1S/C30H29Cl2N5O4S.C2HF3O2/c31-23-10-13-27(25(32)21-23)41-28-6-2-1-5-26(28)35-42(39,40)24-11-8-22(9-12-24)30(38)34-15-16-36-17-19-37(20-18-36)29-7-3-4-14-33-29;3-2(4,5)1(6)7/h1-14,21,35H,15-20H2,(H,34,38);(H,6,7). The van der Waals surface area contributed by atoms with Crippen LogP contribution in [-0.4, -0.2) is 80.7 Å². The maximum Gasteiger partial charge on any atom is 0.490 e. The maximum absolute atomic E-state index is 13.1. The Morgan fingerprint density at radius 2 is 1.55 bits per heavy atom.